The molecule has 0 radical (unpaired) electrons. The van der Waals surface area contributed by atoms with Gasteiger partial charge in [-0.3, -0.25) is 9.59 Å². The molecule has 1 aliphatic heterocycles. The third-order valence-electron chi connectivity index (χ3n) is 4.60. The molecule has 0 bridgehead atoms. The van der Waals surface area contributed by atoms with Crippen molar-refractivity contribution in [3.63, 3.8) is 0 Å². The van der Waals surface area contributed by atoms with Gasteiger partial charge in [-0.05, 0) is 24.8 Å². The molecule has 2 amide bonds. The second-order valence-corrected chi connectivity index (χ2v) is 7.06. The Morgan fingerprint density at radius 1 is 1.24 bits per heavy atom. The molecule has 6 heteroatoms. The minimum atomic E-state index is -1.04. The molecule has 3 atom stereocenters. The van der Waals surface area contributed by atoms with E-state index in [9.17, 15) is 19.5 Å². The molecule has 2 rings (SSSR count). The van der Waals surface area contributed by atoms with Gasteiger partial charge in [0.25, 0.3) is 0 Å². The highest BCUT2D eigenvalue weighted by Crippen LogP contribution is 2.28. The number of amides is 2. The lowest BCUT2D eigenvalue weighted by Crippen LogP contribution is -2.45. The van der Waals surface area contributed by atoms with Gasteiger partial charge in [-0.1, -0.05) is 44.2 Å². The van der Waals surface area contributed by atoms with Crippen molar-refractivity contribution in [3.8, 4) is 0 Å². The number of carboxylic acids is 1. The van der Waals surface area contributed by atoms with Gasteiger partial charge < -0.3 is 15.3 Å². The zero-order valence-electron chi connectivity index (χ0n) is 14.9. The van der Waals surface area contributed by atoms with Crippen LogP contribution in [0.5, 0.6) is 0 Å². The van der Waals surface area contributed by atoms with Crippen molar-refractivity contribution < 1.29 is 19.5 Å². The van der Waals surface area contributed by atoms with Crippen LogP contribution in [0.25, 0.3) is 0 Å². The molecule has 1 aromatic rings. The number of carboxylic acid groups (broad SMARTS) is 1. The van der Waals surface area contributed by atoms with E-state index in [1.165, 1.54) is 0 Å². The maximum Gasteiger partial charge on any atom is 0.326 e. The zero-order chi connectivity index (χ0) is 18.6. The molecule has 0 aromatic heterocycles. The second-order valence-electron chi connectivity index (χ2n) is 7.06. The van der Waals surface area contributed by atoms with Gasteiger partial charge >= 0.3 is 5.97 Å². The summed E-state index contributed by atoms with van der Waals surface area (Å²) in [6.45, 7) is 6.07. The molecule has 1 aromatic carbocycles. The summed E-state index contributed by atoms with van der Waals surface area (Å²) in [7, 11) is 0. The van der Waals surface area contributed by atoms with Gasteiger partial charge in [0.1, 0.15) is 6.04 Å². The van der Waals surface area contributed by atoms with Gasteiger partial charge in [-0.15, -0.1) is 0 Å². The number of benzene rings is 1. The molecule has 136 valence electrons. The fourth-order valence-electron chi connectivity index (χ4n) is 3.18. The number of nitrogens with zero attached hydrogens (tertiary/aromatic N) is 1. The van der Waals surface area contributed by atoms with E-state index < -0.39 is 17.9 Å². The molecule has 0 saturated carbocycles. The maximum atomic E-state index is 12.4. The van der Waals surface area contributed by atoms with E-state index in [4.69, 9.17) is 0 Å². The number of carbonyl (C=O) groups is 3. The van der Waals surface area contributed by atoms with Crippen LogP contribution in [0.3, 0.4) is 0 Å². The van der Waals surface area contributed by atoms with Crippen LogP contribution in [0.1, 0.15) is 45.2 Å². The van der Waals surface area contributed by atoms with Gasteiger partial charge in [0.2, 0.25) is 11.8 Å². The highest BCUT2D eigenvalue weighted by molar-refractivity contribution is 5.91. The molecule has 6 nitrogen and oxygen atoms in total. The molecule has 1 saturated heterocycles. The normalized spacial score (nSPS) is 19.8. The molecule has 0 spiro atoms. The summed E-state index contributed by atoms with van der Waals surface area (Å²) in [5.74, 6) is -1.83. The van der Waals surface area contributed by atoms with Crippen molar-refractivity contribution in [1.29, 1.82) is 0 Å². The van der Waals surface area contributed by atoms with Crippen LogP contribution < -0.4 is 5.32 Å². The topological polar surface area (TPSA) is 86.7 Å². The van der Waals surface area contributed by atoms with Gasteiger partial charge in [-0.25, -0.2) is 4.79 Å². The Morgan fingerprint density at radius 3 is 2.44 bits per heavy atom. The van der Waals surface area contributed by atoms with E-state index >= 15 is 0 Å². The van der Waals surface area contributed by atoms with Gasteiger partial charge in [0, 0.05) is 13.0 Å². The van der Waals surface area contributed by atoms with E-state index in [1.807, 2.05) is 51.1 Å². The summed E-state index contributed by atoms with van der Waals surface area (Å²) < 4.78 is 0. The van der Waals surface area contributed by atoms with Crippen molar-refractivity contribution in [1.82, 2.24) is 10.2 Å². The minimum Gasteiger partial charge on any atom is -0.480 e. The minimum absolute atomic E-state index is 0.0766. The fraction of sp³-hybridized carbons (Fsp3) is 0.526. The maximum absolute atomic E-state index is 12.4. The zero-order valence-corrected chi connectivity index (χ0v) is 14.9. The standard InChI is InChI=1S/C19H26N2O4/c1-12(2)9-16(19(24)25)20-18(23)15-10-17(22)21(11-15)13(3)14-7-5-4-6-8-14/h4-8,12-13,15-16H,9-11H2,1-3H3,(H,20,23)(H,24,25)/t13?,15?,16-/m0/s1. The monoisotopic (exact) mass is 346 g/mol. The van der Waals surface area contributed by atoms with Gasteiger partial charge in [-0.2, -0.15) is 0 Å². The smallest absolute Gasteiger partial charge is 0.326 e. The molecule has 1 aliphatic rings. The number of hydrogen-bond donors (Lipinski definition) is 2. The Kier molecular flexibility index (Phi) is 6.17. The number of rotatable bonds is 7. The molecular weight excluding hydrogens is 320 g/mol. The SMILES string of the molecule is CC(C)C[C@H](NC(=O)C1CC(=O)N(C(C)c2ccccc2)C1)C(=O)O. The van der Waals surface area contributed by atoms with Crippen LogP contribution in [-0.2, 0) is 14.4 Å². The van der Waals surface area contributed by atoms with E-state index in [0.29, 0.717) is 13.0 Å². The Hall–Kier alpha value is -2.37. The summed E-state index contributed by atoms with van der Waals surface area (Å²) in [6.07, 6.45) is 0.489. The van der Waals surface area contributed by atoms with E-state index in [2.05, 4.69) is 5.32 Å². The predicted molar refractivity (Wildman–Crippen MR) is 93.7 cm³/mol. The molecule has 25 heavy (non-hydrogen) atoms. The molecule has 2 unspecified atom stereocenters. The van der Waals surface area contributed by atoms with Crippen molar-refractivity contribution in [2.45, 2.75) is 45.7 Å². The number of aliphatic carboxylic acids is 1. The molecule has 0 aliphatic carbocycles. The first-order chi connectivity index (χ1) is 11.8. The molecule has 2 N–H and O–H groups in total. The van der Waals surface area contributed by atoms with Crippen molar-refractivity contribution >= 4 is 17.8 Å². The Balaban J connectivity index is 2.01. The van der Waals surface area contributed by atoms with Crippen LogP contribution in [0, 0.1) is 11.8 Å². The summed E-state index contributed by atoms with van der Waals surface area (Å²) in [6, 6.07) is 8.63. The highest BCUT2D eigenvalue weighted by atomic mass is 16.4. The number of nitrogens with one attached hydrogen (secondary N) is 1. The van der Waals surface area contributed by atoms with E-state index in [-0.39, 0.29) is 30.2 Å². The number of hydrogen-bond acceptors (Lipinski definition) is 3. The first-order valence-corrected chi connectivity index (χ1v) is 8.67. The third-order valence-corrected chi connectivity index (χ3v) is 4.60. The summed E-state index contributed by atoms with van der Waals surface area (Å²) >= 11 is 0. The van der Waals surface area contributed by atoms with Crippen LogP contribution in [0.4, 0.5) is 0 Å². The van der Waals surface area contributed by atoms with Crippen molar-refractivity contribution in [2.24, 2.45) is 11.8 Å². The van der Waals surface area contributed by atoms with Crippen molar-refractivity contribution in [3.05, 3.63) is 35.9 Å². The lowest BCUT2D eigenvalue weighted by atomic mass is 10.0. The first-order valence-electron chi connectivity index (χ1n) is 8.67. The molecular formula is C19H26N2O4. The van der Waals surface area contributed by atoms with Gasteiger partial charge in [0.15, 0.2) is 0 Å². The van der Waals surface area contributed by atoms with Crippen molar-refractivity contribution in [2.75, 3.05) is 6.54 Å². The van der Waals surface area contributed by atoms with Crippen LogP contribution in [0.2, 0.25) is 0 Å². The quantitative estimate of drug-likeness (QED) is 0.792. The number of carbonyl (C=O) groups excluding carboxylic acids is 2. The Bertz CT molecular complexity index is 630. The van der Waals surface area contributed by atoms with Crippen LogP contribution in [-0.4, -0.2) is 40.4 Å². The average Bonchev–Trinajstić information content (AvgIpc) is 2.95. The van der Waals surface area contributed by atoms with Gasteiger partial charge in [0.05, 0.1) is 12.0 Å². The van der Waals surface area contributed by atoms with Crippen LogP contribution in [0.15, 0.2) is 30.3 Å². The largest absolute Gasteiger partial charge is 0.480 e. The average molecular weight is 346 g/mol. The van der Waals surface area contributed by atoms with Crippen LogP contribution >= 0.6 is 0 Å². The first kappa shape index (κ1) is 19.0. The highest BCUT2D eigenvalue weighted by Gasteiger charge is 2.38. The lowest BCUT2D eigenvalue weighted by molar-refractivity contribution is -0.142. The van der Waals surface area contributed by atoms with E-state index in [0.717, 1.165) is 5.56 Å². The molecule has 1 heterocycles. The number of likely N-dealkylation sites (tertiary alicyclic amines) is 1. The Morgan fingerprint density at radius 2 is 1.88 bits per heavy atom. The Labute approximate surface area is 148 Å². The third kappa shape index (κ3) is 4.81. The predicted octanol–water partition coefficient (Wildman–Crippen LogP) is 2.21. The summed E-state index contributed by atoms with van der Waals surface area (Å²) in [4.78, 5) is 37.8. The second kappa shape index (κ2) is 8.14. The van der Waals surface area contributed by atoms with E-state index in [1.54, 1.807) is 4.90 Å². The fourth-order valence-corrected chi connectivity index (χ4v) is 3.18. The summed E-state index contributed by atoms with van der Waals surface area (Å²) in [5, 5.41) is 11.9. The summed E-state index contributed by atoms with van der Waals surface area (Å²) in [5.41, 5.74) is 1.01. The molecule has 1 fully saturated rings. The lowest BCUT2D eigenvalue weighted by Gasteiger charge is -2.25.